The van der Waals surface area contributed by atoms with Crippen molar-refractivity contribution in [1.82, 2.24) is 0 Å². The maximum atomic E-state index is 7.28. The van der Waals surface area contributed by atoms with Crippen LogP contribution >= 0.6 is 11.3 Å². The van der Waals surface area contributed by atoms with Gasteiger partial charge in [-0.3, -0.25) is 0 Å². The van der Waals surface area contributed by atoms with E-state index in [1.807, 2.05) is 11.3 Å². The topological polar surface area (TPSA) is 19.6 Å². The largest absolute Gasteiger partial charge is 0.454 e. The highest BCUT2D eigenvalue weighted by molar-refractivity contribution is 7.26. The highest BCUT2D eigenvalue weighted by atomic mass is 32.1. The molecule has 0 amide bonds. The van der Waals surface area contributed by atoms with Crippen LogP contribution in [0.3, 0.4) is 0 Å². The summed E-state index contributed by atoms with van der Waals surface area (Å²) in [7, 11) is 0. The Morgan fingerprint density at radius 3 is 2.13 bits per heavy atom. The van der Waals surface area contributed by atoms with E-state index in [-0.39, 0.29) is 28.6 Å². The van der Waals surface area contributed by atoms with Crippen LogP contribution in [0.1, 0.15) is 97.8 Å². The molecular weight excluding hydrogens is 784 g/mol. The third-order valence-corrected chi connectivity index (χ3v) is 17.3. The molecule has 0 saturated heterocycles. The summed E-state index contributed by atoms with van der Waals surface area (Å²) in [6.45, 7) is 19.3. The van der Waals surface area contributed by atoms with E-state index in [0.717, 1.165) is 17.6 Å². The third-order valence-electron chi connectivity index (χ3n) is 16.1. The Kier molecular flexibility index (Phi) is 7.48. The van der Waals surface area contributed by atoms with Gasteiger partial charge in [0.15, 0.2) is 5.58 Å². The van der Waals surface area contributed by atoms with Crippen LogP contribution in [0.4, 0.5) is 22.7 Å². The molecule has 2 aromatic heterocycles. The molecule has 2 unspecified atom stereocenters. The summed E-state index contributed by atoms with van der Waals surface area (Å²) in [6, 6.07) is 48.9. The molecule has 9 aromatic rings. The summed E-state index contributed by atoms with van der Waals surface area (Å²) in [4.78, 5) is 5.64. The number of para-hydroxylation sites is 1. The highest BCUT2D eigenvalue weighted by Crippen LogP contribution is 2.64. The summed E-state index contributed by atoms with van der Waals surface area (Å²) in [5, 5.41) is 5.04. The van der Waals surface area contributed by atoms with E-state index in [9.17, 15) is 0 Å². The van der Waals surface area contributed by atoms with Crippen LogP contribution < -0.4 is 20.6 Å². The maximum absolute atomic E-state index is 7.28. The number of fused-ring (bicyclic) bond motifs is 15. The van der Waals surface area contributed by atoms with E-state index < -0.39 is 0 Å². The molecular formula is C58H53BN2OS. The van der Waals surface area contributed by atoms with Crippen LogP contribution in [0.2, 0.25) is 0 Å². The quantitative estimate of drug-likeness (QED) is 0.162. The van der Waals surface area contributed by atoms with Gasteiger partial charge in [-0.05, 0) is 106 Å². The Morgan fingerprint density at radius 1 is 0.619 bits per heavy atom. The molecule has 0 radical (unpaired) electrons. The predicted octanol–water partition coefficient (Wildman–Crippen LogP) is 15.2. The number of rotatable bonds is 2. The van der Waals surface area contributed by atoms with Crippen LogP contribution in [0, 0.1) is 0 Å². The molecule has 2 atom stereocenters. The van der Waals surface area contributed by atoms with E-state index in [0.29, 0.717) is 0 Å². The van der Waals surface area contributed by atoms with Crippen molar-refractivity contribution in [1.29, 1.82) is 0 Å². The first kappa shape index (κ1) is 37.8. The zero-order valence-electron chi connectivity index (χ0n) is 37.7. The number of nitrogens with zero attached hydrogens (tertiary/aromatic N) is 2. The lowest BCUT2D eigenvalue weighted by Crippen LogP contribution is -2.64. The van der Waals surface area contributed by atoms with Gasteiger partial charge in [-0.2, -0.15) is 0 Å². The zero-order valence-corrected chi connectivity index (χ0v) is 38.6. The van der Waals surface area contributed by atoms with E-state index in [1.165, 1.54) is 123 Å². The molecule has 13 rings (SSSR count). The molecule has 0 bridgehead atoms. The van der Waals surface area contributed by atoms with E-state index in [2.05, 4.69) is 192 Å². The van der Waals surface area contributed by atoms with Crippen molar-refractivity contribution in [2.45, 2.75) is 103 Å². The first-order valence-corrected chi connectivity index (χ1v) is 24.0. The van der Waals surface area contributed by atoms with Crippen molar-refractivity contribution in [2.75, 3.05) is 9.71 Å². The predicted molar refractivity (Wildman–Crippen MR) is 271 cm³/mol. The normalized spacial score (nSPS) is 20.2. The van der Waals surface area contributed by atoms with Crippen molar-refractivity contribution in [3.05, 3.63) is 144 Å². The number of benzene rings is 7. The number of hydrogen-bond donors (Lipinski definition) is 0. The first-order valence-electron chi connectivity index (χ1n) is 23.2. The molecule has 0 N–H and O–H groups in total. The number of anilines is 4. The second kappa shape index (κ2) is 12.5. The molecule has 1 fully saturated rings. The Balaban J connectivity index is 1.26. The van der Waals surface area contributed by atoms with Gasteiger partial charge in [0.05, 0.1) is 11.2 Å². The van der Waals surface area contributed by atoms with Crippen molar-refractivity contribution < 1.29 is 4.42 Å². The smallest absolute Gasteiger partial charge is 0.333 e. The molecule has 63 heavy (non-hydrogen) atoms. The molecule has 0 spiro atoms. The van der Waals surface area contributed by atoms with Gasteiger partial charge in [0.1, 0.15) is 5.58 Å². The number of thiophene rings is 1. The van der Waals surface area contributed by atoms with Gasteiger partial charge in [0.2, 0.25) is 0 Å². The Hall–Kier alpha value is -5.78. The molecule has 1 aliphatic carbocycles. The third kappa shape index (κ3) is 4.87. The van der Waals surface area contributed by atoms with E-state index in [1.54, 1.807) is 0 Å². The maximum Gasteiger partial charge on any atom is 0.333 e. The van der Waals surface area contributed by atoms with Gasteiger partial charge in [0, 0.05) is 64.5 Å². The van der Waals surface area contributed by atoms with Crippen LogP contribution in [0.5, 0.6) is 0 Å². The first-order chi connectivity index (χ1) is 30.3. The van der Waals surface area contributed by atoms with Crippen molar-refractivity contribution in [2.24, 2.45) is 0 Å². The SMILES string of the molecule is CC(C)(C)c1ccc(N2B3c4cc(C(C)(C)C)cc5c4N(c4c3c(cc3c4oc4ccccc43)-c3c2ccc2c3sc3ccccc32)C2(C)CCCCC52C)c(-c2ccccc2)c1. The second-order valence-corrected chi connectivity index (χ2v) is 22.6. The van der Waals surface area contributed by atoms with Crippen LogP contribution in [0.15, 0.2) is 132 Å². The minimum atomic E-state index is -0.150. The Morgan fingerprint density at radius 2 is 1.33 bits per heavy atom. The standard InChI is InChI=1S/C58H53BN2OS/c1-55(2,3)35-24-26-45(40(30-35)34-18-10-9-11-19-34)61-46-27-25-39-38-21-13-15-23-48(38)63-54(39)49(46)42-33-41-37-20-12-14-22-47(37)62-53(41)52-50(42)59(61)44-32-36(56(4,5)6)31-43-51(44)60(52)58(8)29-17-16-28-57(43,58)7/h9-15,18-27,30-33H,16-17,28-29H2,1-8H3. The van der Waals surface area contributed by atoms with E-state index in [4.69, 9.17) is 4.42 Å². The summed E-state index contributed by atoms with van der Waals surface area (Å²) in [6.07, 6.45) is 4.76. The van der Waals surface area contributed by atoms with Gasteiger partial charge in [-0.1, -0.05) is 152 Å². The number of furan rings is 1. The van der Waals surface area contributed by atoms with Gasteiger partial charge in [0.25, 0.3) is 0 Å². The molecule has 7 aromatic carbocycles. The van der Waals surface area contributed by atoms with Crippen LogP contribution in [0.25, 0.3) is 64.4 Å². The second-order valence-electron chi connectivity index (χ2n) is 21.6. The molecule has 5 heteroatoms. The summed E-state index contributed by atoms with van der Waals surface area (Å²) in [5.41, 5.74) is 19.1. The fourth-order valence-corrected chi connectivity index (χ4v) is 13.8. The van der Waals surface area contributed by atoms with E-state index >= 15 is 0 Å². The van der Waals surface area contributed by atoms with Gasteiger partial charge < -0.3 is 14.1 Å². The van der Waals surface area contributed by atoms with Gasteiger partial charge >= 0.3 is 6.85 Å². The van der Waals surface area contributed by atoms with Crippen LogP contribution in [-0.2, 0) is 16.2 Å². The minimum Gasteiger partial charge on any atom is -0.454 e. The fourth-order valence-electron chi connectivity index (χ4n) is 12.5. The molecule has 3 nitrogen and oxygen atoms in total. The summed E-state index contributed by atoms with van der Waals surface area (Å²) >= 11 is 1.95. The van der Waals surface area contributed by atoms with Gasteiger partial charge in [-0.15, -0.1) is 11.3 Å². The summed E-state index contributed by atoms with van der Waals surface area (Å²) in [5.74, 6) is 0. The molecule has 310 valence electrons. The Bertz CT molecular complexity index is 3440. The fraction of sp³-hybridized carbons (Fsp3) is 0.276. The highest BCUT2D eigenvalue weighted by Gasteiger charge is 2.63. The molecule has 3 aliphatic heterocycles. The monoisotopic (exact) mass is 836 g/mol. The minimum absolute atomic E-state index is 0.0217. The van der Waals surface area contributed by atoms with Crippen molar-refractivity contribution >= 4 is 94.0 Å². The van der Waals surface area contributed by atoms with Crippen LogP contribution in [-0.4, -0.2) is 12.4 Å². The van der Waals surface area contributed by atoms with Crippen molar-refractivity contribution in [3.8, 4) is 22.3 Å². The Labute approximate surface area is 375 Å². The average Bonchev–Trinajstić information content (AvgIpc) is 3.91. The molecule has 5 heterocycles. The lowest BCUT2D eigenvalue weighted by molar-refractivity contribution is 0.195. The lowest BCUT2D eigenvalue weighted by atomic mass is 9.43. The number of hydrogen-bond acceptors (Lipinski definition) is 4. The van der Waals surface area contributed by atoms with Crippen molar-refractivity contribution in [3.63, 3.8) is 0 Å². The zero-order chi connectivity index (χ0) is 42.9. The molecule has 4 aliphatic rings. The lowest BCUT2D eigenvalue weighted by Gasteiger charge is -2.53. The van der Waals surface area contributed by atoms with Gasteiger partial charge in [-0.25, -0.2) is 0 Å². The molecule has 1 saturated carbocycles. The summed E-state index contributed by atoms with van der Waals surface area (Å²) < 4.78 is 9.96. The average molecular weight is 837 g/mol.